The second-order valence-corrected chi connectivity index (χ2v) is 5.73. The van der Waals surface area contributed by atoms with Crippen LogP contribution in [0, 0.1) is 0 Å². The van der Waals surface area contributed by atoms with Gasteiger partial charge in [0.25, 0.3) is 0 Å². The van der Waals surface area contributed by atoms with Gasteiger partial charge in [0, 0.05) is 12.7 Å². The van der Waals surface area contributed by atoms with Crippen LogP contribution in [0.5, 0.6) is 0 Å². The van der Waals surface area contributed by atoms with Crippen molar-refractivity contribution in [3.05, 3.63) is 23.9 Å². The molecule has 7 heteroatoms. The van der Waals surface area contributed by atoms with Gasteiger partial charge in [-0.2, -0.15) is 0 Å². The topological polar surface area (TPSA) is 76.6 Å². The molecule has 1 aromatic rings. The summed E-state index contributed by atoms with van der Waals surface area (Å²) in [4.78, 5) is 39.7. The van der Waals surface area contributed by atoms with Gasteiger partial charge in [0.15, 0.2) is 0 Å². The predicted molar refractivity (Wildman–Crippen MR) is 71.0 cm³/mol. The molecule has 0 aromatic carbocycles. The molecular weight excluding hydrogens is 256 g/mol. The lowest BCUT2D eigenvalue weighted by atomic mass is 10.3. The maximum Gasteiger partial charge on any atom is 0.339 e. The van der Waals surface area contributed by atoms with E-state index in [0.717, 1.165) is 5.75 Å². The molecule has 1 amide bonds. The van der Waals surface area contributed by atoms with Gasteiger partial charge in [0.1, 0.15) is 5.82 Å². The molecule has 6 nitrogen and oxygen atoms in total. The Bertz CT molecular complexity index is 500. The molecule has 1 fully saturated rings. The summed E-state index contributed by atoms with van der Waals surface area (Å²) in [7, 11) is 1.29. The summed E-state index contributed by atoms with van der Waals surface area (Å²) < 4.78 is 4.55. The van der Waals surface area contributed by atoms with Crippen molar-refractivity contribution in [3.8, 4) is 0 Å². The van der Waals surface area contributed by atoms with Crippen molar-refractivity contribution < 1.29 is 19.1 Å². The predicted octanol–water partition coefficient (Wildman–Crippen LogP) is -0.596. The van der Waals surface area contributed by atoms with Crippen LogP contribution in [0.1, 0.15) is 10.4 Å². The van der Waals surface area contributed by atoms with Gasteiger partial charge in [0.2, 0.25) is 5.12 Å². The molecule has 98 valence electrons. The monoisotopic (exact) mass is 270 g/mol. The number of methoxy groups -OCH3 is 1. The van der Waals surface area contributed by atoms with Crippen LogP contribution in [0.4, 0.5) is 5.82 Å². The summed E-state index contributed by atoms with van der Waals surface area (Å²) in [5.41, 5.74) is 0.311. The highest BCUT2D eigenvalue weighted by Gasteiger charge is 2.26. The molecule has 0 saturated carbocycles. The zero-order valence-corrected chi connectivity index (χ0v) is 11.3. The Morgan fingerprint density at radius 2 is 2.22 bits per heavy atom. The molecule has 0 aliphatic carbocycles. The molecule has 0 N–H and O–H groups in total. The fourth-order valence-electron chi connectivity index (χ4n) is 1.76. The van der Waals surface area contributed by atoms with Gasteiger partial charge in [0.05, 0.1) is 12.7 Å². The number of pyridine rings is 1. The summed E-state index contributed by atoms with van der Waals surface area (Å²) in [6, 6.07) is 3.07. The van der Waals surface area contributed by atoms with E-state index in [0.29, 0.717) is 17.9 Å². The van der Waals surface area contributed by atoms with Crippen LogP contribution in [0.3, 0.4) is 0 Å². The van der Waals surface area contributed by atoms with E-state index in [1.165, 1.54) is 24.3 Å². The van der Waals surface area contributed by atoms with Gasteiger partial charge in [-0.3, -0.25) is 14.5 Å². The standard InChI is InChI=1S/C11H14N2O4S/c1-17-10(15)7-2-3-8(12-6-7)13-4-5-18-11(16)9(13)14/h2-3,6H,4-5H2,1H3,18H4. The minimum atomic E-state index is -0.908. The molecule has 2 rings (SSSR count). The molecule has 1 aromatic heterocycles. The number of amides is 1. The van der Waals surface area contributed by atoms with Gasteiger partial charge in [-0.25, -0.2) is 21.5 Å². The van der Waals surface area contributed by atoms with Crippen LogP contribution in [-0.2, 0) is 14.3 Å². The molecule has 1 aliphatic rings. The first kappa shape index (κ1) is 12.6. The van der Waals surface area contributed by atoms with E-state index in [1.54, 1.807) is 6.07 Å². The highest BCUT2D eigenvalue weighted by Crippen LogP contribution is 2.19. The molecule has 0 bridgehead atoms. The number of aromatic nitrogens is 1. The largest absolute Gasteiger partial charge is 0.465 e. The zero-order valence-electron chi connectivity index (χ0n) is 9.88. The van der Waals surface area contributed by atoms with Crippen LogP contribution in [0.25, 0.3) is 0 Å². The molecule has 0 spiro atoms. The Hall–Kier alpha value is -1.89. The number of hydrogen-bond donors (Lipinski definition) is 0. The third-order valence-corrected chi connectivity index (χ3v) is 4.14. The molecule has 18 heavy (non-hydrogen) atoms. The molecule has 1 saturated heterocycles. The number of esters is 1. The first-order valence-electron chi connectivity index (χ1n) is 5.52. The van der Waals surface area contributed by atoms with E-state index >= 15 is 0 Å². The van der Waals surface area contributed by atoms with Crippen molar-refractivity contribution in [1.82, 2.24) is 4.98 Å². The van der Waals surface area contributed by atoms with Crippen LogP contribution in [0.15, 0.2) is 18.3 Å². The number of rotatable bonds is 2. The normalized spacial score (nSPS) is 16.2. The fourth-order valence-corrected chi connectivity index (χ4v) is 2.96. The summed E-state index contributed by atoms with van der Waals surface area (Å²) in [6.07, 6.45) is 1.34. The Morgan fingerprint density at radius 3 is 2.83 bits per heavy atom. The van der Waals surface area contributed by atoms with Gasteiger partial charge in [-0.05, 0) is 17.9 Å². The minimum absolute atomic E-state index is 0.264. The fraction of sp³-hybridized carbons (Fsp3) is 0.273. The molecule has 0 unspecified atom stereocenters. The number of hydrogen-bond acceptors (Lipinski definition) is 5. The Kier molecular flexibility index (Phi) is 3.61. The summed E-state index contributed by atoms with van der Waals surface area (Å²) in [5, 5.41) is -0.264. The quantitative estimate of drug-likeness (QED) is 0.530. The van der Waals surface area contributed by atoms with E-state index in [9.17, 15) is 14.4 Å². The third-order valence-electron chi connectivity index (χ3n) is 2.71. The van der Waals surface area contributed by atoms with Crippen molar-refractivity contribution in [2.45, 2.75) is 0 Å². The molecule has 0 atom stereocenters. The van der Waals surface area contributed by atoms with Crippen LogP contribution in [0.2, 0.25) is 0 Å². The minimum Gasteiger partial charge on any atom is -0.465 e. The second-order valence-electron chi connectivity index (χ2n) is 3.88. The van der Waals surface area contributed by atoms with Crippen molar-refractivity contribution >= 4 is 34.6 Å². The third kappa shape index (κ3) is 2.35. The smallest absolute Gasteiger partial charge is 0.339 e. The van der Waals surface area contributed by atoms with Crippen LogP contribution in [-0.4, -0.2) is 41.4 Å². The number of nitrogens with zero attached hydrogens (tertiary/aromatic N) is 2. The second kappa shape index (κ2) is 5.18. The number of anilines is 1. The van der Waals surface area contributed by atoms with Gasteiger partial charge >= 0.3 is 11.9 Å². The molecule has 2 heterocycles. The lowest BCUT2D eigenvalue weighted by Gasteiger charge is -2.25. The lowest BCUT2D eigenvalue weighted by Crippen LogP contribution is -2.41. The Labute approximate surface area is 107 Å². The van der Waals surface area contributed by atoms with Crippen molar-refractivity contribution in [2.24, 2.45) is 0 Å². The average molecular weight is 270 g/mol. The van der Waals surface area contributed by atoms with E-state index in [2.05, 4.69) is 9.72 Å². The summed E-state index contributed by atoms with van der Waals surface area (Å²) in [6.45, 7) is 0.529. The highest BCUT2D eigenvalue weighted by atomic mass is 32.2. The SMILES string of the molecule is COC(=O)c1ccc(N2CC[SH4]C(=O)C2=O)nc1. The van der Waals surface area contributed by atoms with Crippen molar-refractivity contribution in [3.63, 3.8) is 0 Å². The van der Waals surface area contributed by atoms with Crippen molar-refractivity contribution in [2.75, 3.05) is 24.3 Å². The molecule has 1 aliphatic heterocycles. The van der Waals surface area contributed by atoms with Crippen molar-refractivity contribution in [1.29, 1.82) is 0 Å². The molecule has 0 radical (unpaired) electrons. The summed E-state index contributed by atoms with van der Waals surface area (Å²) >= 11 is -0.908. The Balaban J connectivity index is 2.21. The number of carbonyl (C=O) groups is 3. The number of ether oxygens (including phenoxy) is 1. The van der Waals surface area contributed by atoms with Gasteiger partial charge < -0.3 is 4.74 Å². The molecular formula is C11H14N2O4S. The Morgan fingerprint density at radius 1 is 1.44 bits per heavy atom. The van der Waals surface area contributed by atoms with E-state index < -0.39 is 23.6 Å². The van der Waals surface area contributed by atoms with E-state index in [-0.39, 0.29) is 5.12 Å². The highest BCUT2D eigenvalue weighted by molar-refractivity contribution is 8.15. The number of carbonyl (C=O) groups excluding carboxylic acids is 3. The van der Waals surface area contributed by atoms with E-state index in [1.807, 2.05) is 0 Å². The van der Waals surface area contributed by atoms with E-state index in [4.69, 9.17) is 0 Å². The average Bonchev–Trinajstić information content (AvgIpc) is 2.41. The summed E-state index contributed by atoms with van der Waals surface area (Å²) in [5.74, 6) is 0.203. The first-order chi connectivity index (χ1) is 8.63. The maximum absolute atomic E-state index is 11.7. The van der Waals surface area contributed by atoms with Crippen LogP contribution >= 0.6 is 11.8 Å². The van der Waals surface area contributed by atoms with Crippen LogP contribution < -0.4 is 4.90 Å². The first-order valence-corrected chi connectivity index (χ1v) is 7.23. The zero-order chi connectivity index (χ0) is 13.1. The van der Waals surface area contributed by atoms with Gasteiger partial charge in [-0.1, -0.05) is 0 Å². The van der Waals surface area contributed by atoms with Gasteiger partial charge in [-0.15, -0.1) is 0 Å². The maximum atomic E-state index is 11.7. The lowest BCUT2D eigenvalue weighted by molar-refractivity contribution is -0.131.